The van der Waals surface area contributed by atoms with E-state index < -0.39 is 12.0 Å². The lowest BCUT2D eigenvalue weighted by atomic mass is 9.93. The van der Waals surface area contributed by atoms with Gasteiger partial charge in [0.2, 0.25) is 0 Å². The number of amides is 1. The fourth-order valence-electron chi connectivity index (χ4n) is 3.51. The van der Waals surface area contributed by atoms with Crippen molar-refractivity contribution in [1.29, 1.82) is 0 Å². The molecule has 0 aliphatic carbocycles. The highest BCUT2D eigenvalue weighted by atomic mass is 16.4. The Balaban J connectivity index is 1.96. The number of carboxylic acid groups (broad SMARTS) is 1. The van der Waals surface area contributed by atoms with Crippen molar-refractivity contribution in [1.82, 2.24) is 14.7 Å². The molecule has 1 aromatic carbocycles. The molecular formula is C19H23N3O3. The summed E-state index contributed by atoms with van der Waals surface area (Å²) in [4.78, 5) is 26.4. The van der Waals surface area contributed by atoms with Crippen molar-refractivity contribution in [3.8, 4) is 0 Å². The topological polar surface area (TPSA) is 75.4 Å². The van der Waals surface area contributed by atoms with Crippen LogP contribution in [0.3, 0.4) is 0 Å². The van der Waals surface area contributed by atoms with E-state index in [4.69, 9.17) is 0 Å². The molecule has 2 heterocycles. The van der Waals surface area contributed by atoms with Gasteiger partial charge in [-0.15, -0.1) is 0 Å². The lowest BCUT2D eigenvalue weighted by Gasteiger charge is -2.34. The molecule has 0 fully saturated rings. The predicted octanol–water partition coefficient (Wildman–Crippen LogP) is 2.90. The van der Waals surface area contributed by atoms with Gasteiger partial charge in [-0.3, -0.25) is 9.48 Å². The molecule has 1 atom stereocenters. The zero-order valence-corrected chi connectivity index (χ0v) is 14.6. The summed E-state index contributed by atoms with van der Waals surface area (Å²) in [7, 11) is 0. The van der Waals surface area contributed by atoms with E-state index in [1.165, 1.54) is 4.90 Å². The molecule has 1 amide bonds. The number of hydrogen-bond acceptors (Lipinski definition) is 3. The van der Waals surface area contributed by atoms with Crippen molar-refractivity contribution in [2.45, 2.75) is 51.7 Å². The molecule has 0 saturated carbocycles. The molecule has 132 valence electrons. The number of aliphatic carboxylic acids is 1. The quantitative estimate of drug-likeness (QED) is 0.907. The highest BCUT2D eigenvalue weighted by Gasteiger charge is 2.36. The van der Waals surface area contributed by atoms with Gasteiger partial charge in [-0.25, -0.2) is 4.79 Å². The molecule has 0 unspecified atom stereocenters. The lowest BCUT2D eigenvalue weighted by molar-refractivity contribution is -0.142. The van der Waals surface area contributed by atoms with Gasteiger partial charge in [0, 0.05) is 19.2 Å². The average molecular weight is 341 g/mol. The largest absolute Gasteiger partial charge is 0.480 e. The van der Waals surface area contributed by atoms with Crippen LogP contribution in [0.2, 0.25) is 0 Å². The Bertz CT molecular complexity index is 780. The van der Waals surface area contributed by atoms with Gasteiger partial charge in [0.05, 0.1) is 6.04 Å². The smallest absolute Gasteiger partial charge is 0.326 e. The summed E-state index contributed by atoms with van der Waals surface area (Å²) in [5.41, 5.74) is 2.45. The Morgan fingerprint density at radius 2 is 1.88 bits per heavy atom. The molecule has 6 heteroatoms. The van der Waals surface area contributed by atoms with Gasteiger partial charge in [-0.05, 0) is 30.0 Å². The van der Waals surface area contributed by atoms with Crippen LogP contribution in [0.4, 0.5) is 0 Å². The van der Waals surface area contributed by atoms with Crippen LogP contribution in [-0.4, -0.2) is 37.7 Å². The second-order valence-electron chi connectivity index (χ2n) is 6.39. The van der Waals surface area contributed by atoms with E-state index in [-0.39, 0.29) is 11.9 Å². The van der Waals surface area contributed by atoms with Gasteiger partial charge >= 0.3 is 5.97 Å². The van der Waals surface area contributed by atoms with E-state index in [1.54, 1.807) is 16.9 Å². The summed E-state index contributed by atoms with van der Waals surface area (Å²) >= 11 is 0. The molecule has 0 spiro atoms. The molecule has 2 aromatic rings. The summed E-state index contributed by atoms with van der Waals surface area (Å²) < 4.78 is 1.74. The minimum Gasteiger partial charge on any atom is -0.480 e. The van der Waals surface area contributed by atoms with Crippen molar-refractivity contribution < 1.29 is 14.7 Å². The average Bonchev–Trinajstić information content (AvgIpc) is 3.10. The number of rotatable bonds is 5. The SMILES string of the molecule is CCC(CC)n1nccc1C(=O)N1Cc2ccccc2C[C@H]1C(=O)O. The van der Waals surface area contributed by atoms with Crippen LogP contribution in [-0.2, 0) is 17.8 Å². The van der Waals surface area contributed by atoms with E-state index >= 15 is 0 Å². The maximum absolute atomic E-state index is 13.1. The summed E-state index contributed by atoms with van der Waals surface area (Å²) in [6.07, 6.45) is 3.67. The van der Waals surface area contributed by atoms with E-state index in [9.17, 15) is 14.7 Å². The predicted molar refractivity (Wildman–Crippen MR) is 93.3 cm³/mol. The molecule has 25 heavy (non-hydrogen) atoms. The van der Waals surface area contributed by atoms with Crippen LogP contribution < -0.4 is 0 Å². The van der Waals surface area contributed by atoms with Crippen LogP contribution in [0.25, 0.3) is 0 Å². The van der Waals surface area contributed by atoms with Gasteiger partial charge < -0.3 is 10.0 Å². The number of fused-ring (bicyclic) bond motifs is 1. The summed E-state index contributed by atoms with van der Waals surface area (Å²) in [6, 6.07) is 8.66. The first-order chi connectivity index (χ1) is 12.1. The number of aromatic nitrogens is 2. The monoisotopic (exact) mass is 341 g/mol. The standard InChI is InChI=1S/C19H23N3O3/c1-3-15(4-2)22-16(9-10-20-22)18(23)21-12-14-8-6-5-7-13(14)11-17(21)19(24)25/h5-10,15,17H,3-4,11-12H2,1-2H3,(H,24,25)/t17-/m0/s1. The zero-order valence-electron chi connectivity index (χ0n) is 14.6. The number of carboxylic acids is 1. The number of hydrogen-bond donors (Lipinski definition) is 1. The molecular weight excluding hydrogens is 318 g/mol. The first kappa shape index (κ1) is 17.2. The fourth-order valence-corrected chi connectivity index (χ4v) is 3.51. The van der Waals surface area contributed by atoms with Crippen LogP contribution in [0.1, 0.15) is 54.3 Å². The number of carbonyl (C=O) groups is 2. The third-order valence-electron chi connectivity index (χ3n) is 4.97. The molecule has 1 aliphatic rings. The third-order valence-corrected chi connectivity index (χ3v) is 4.97. The van der Waals surface area contributed by atoms with Crippen LogP contribution in [0, 0.1) is 0 Å². The minimum atomic E-state index is -0.976. The van der Waals surface area contributed by atoms with Crippen molar-refractivity contribution in [3.05, 3.63) is 53.3 Å². The second-order valence-corrected chi connectivity index (χ2v) is 6.39. The first-order valence-electron chi connectivity index (χ1n) is 8.70. The molecule has 0 radical (unpaired) electrons. The van der Waals surface area contributed by atoms with Crippen molar-refractivity contribution in [2.24, 2.45) is 0 Å². The molecule has 3 rings (SSSR count). The summed E-state index contributed by atoms with van der Waals surface area (Å²) in [6.45, 7) is 4.42. The molecule has 6 nitrogen and oxygen atoms in total. The molecule has 1 aromatic heterocycles. The van der Waals surface area contributed by atoms with Crippen LogP contribution in [0.15, 0.2) is 36.5 Å². The molecule has 1 aliphatic heterocycles. The maximum atomic E-state index is 13.1. The Morgan fingerprint density at radius 1 is 1.20 bits per heavy atom. The zero-order chi connectivity index (χ0) is 18.0. The Hall–Kier alpha value is -2.63. The minimum absolute atomic E-state index is 0.134. The van der Waals surface area contributed by atoms with Crippen molar-refractivity contribution in [3.63, 3.8) is 0 Å². The number of nitrogens with zero attached hydrogens (tertiary/aromatic N) is 3. The van der Waals surface area contributed by atoms with Crippen molar-refractivity contribution in [2.75, 3.05) is 0 Å². The van der Waals surface area contributed by atoms with Crippen molar-refractivity contribution >= 4 is 11.9 Å². The highest BCUT2D eigenvalue weighted by molar-refractivity contribution is 5.95. The highest BCUT2D eigenvalue weighted by Crippen LogP contribution is 2.26. The Labute approximate surface area is 147 Å². The summed E-state index contributed by atoms with van der Waals surface area (Å²) in [5.74, 6) is -1.25. The van der Waals surface area contributed by atoms with Gasteiger partial charge in [0.1, 0.15) is 11.7 Å². The van der Waals surface area contributed by atoms with Crippen LogP contribution in [0.5, 0.6) is 0 Å². The third kappa shape index (κ3) is 3.16. The molecule has 0 bridgehead atoms. The van der Waals surface area contributed by atoms with Gasteiger partial charge in [0.25, 0.3) is 5.91 Å². The van der Waals surface area contributed by atoms with E-state index in [0.717, 1.165) is 24.0 Å². The second kappa shape index (κ2) is 7.09. The van der Waals surface area contributed by atoms with Gasteiger partial charge in [-0.2, -0.15) is 5.10 Å². The Kier molecular flexibility index (Phi) is 4.88. The Morgan fingerprint density at radius 3 is 2.52 bits per heavy atom. The van der Waals surface area contributed by atoms with Gasteiger partial charge in [0.15, 0.2) is 0 Å². The normalized spacial score (nSPS) is 16.8. The molecule has 1 N–H and O–H groups in total. The van der Waals surface area contributed by atoms with E-state index in [1.807, 2.05) is 24.3 Å². The number of benzene rings is 1. The van der Waals surface area contributed by atoms with E-state index in [2.05, 4.69) is 18.9 Å². The number of carbonyl (C=O) groups excluding carboxylic acids is 1. The fraction of sp³-hybridized carbons (Fsp3) is 0.421. The first-order valence-corrected chi connectivity index (χ1v) is 8.70. The van der Waals surface area contributed by atoms with E-state index in [0.29, 0.717) is 18.7 Å². The lowest BCUT2D eigenvalue weighted by Crippen LogP contribution is -2.49. The van der Waals surface area contributed by atoms with Crippen LogP contribution >= 0.6 is 0 Å². The van der Waals surface area contributed by atoms with Gasteiger partial charge in [-0.1, -0.05) is 38.1 Å². The summed E-state index contributed by atoms with van der Waals surface area (Å²) in [5, 5.41) is 13.9. The maximum Gasteiger partial charge on any atom is 0.326 e. The molecule has 0 saturated heterocycles.